The average Bonchev–Trinajstić information content (AvgIpc) is 2.99. The van der Waals surface area contributed by atoms with Gasteiger partial charge >= 0.3 is 6.18 Å². The van der Waals surface area contributed by atoms with E-state index in [2.05, 4.69) is 20.9 Å². The number of rotatable bonds is 6. The summed E-state index contributed by atoms with van der Waals surface area (Å²) in [5, 5.41) is 8.84. The van der Waals surface area contributed by atoms with Crippen LogP contribution in [0.1, 0.15) is 13.3 Å². The Hall–Kier alpha value is -1.56. The molecule has 0 bridgehead atoms. The summed E-state index contributed by atoms with van der Waals surface area (Å²) in [6.07, 6.45) is -3.60. The number of guanidine groups is 1. The number of carbonyl (C=O) groups excluding carboxylic acids is 1. The van der Waals surface area contributed by atoms with Crippen molar-refractivity contribution < 1.29 is 18.0 Å². The SMILES string of the molecule is CCNC(=NCC(=O)Nc1ccccc1)NC1CCN(CC(F)(F)F)C1.I. The number of nitrogens with zero attached hydrogens (tertiary/aromatic N) is 2. The number of hydrogen-bond acceptors (Lipinski definition) is 3. The standard InChI is InChI=1S/C17H24F3N5O.HI/c1-2-21-16(22-10-15(26)23-13-6-4-3-5-7-13)24-14-8-9-25(11-14)12-17(18,19)20;/h3-7,14H,2,8-12H2,1H3,(H,23,26)(H2,21,22,24);1H. The van der Waals surface area contributed by atoms with Gasteiger partial charge in [-0.1, -0.05) is 18.2 Å². The third-order valence-corrected chi connectivity index (χ3v) is 3.80. The first-order chi connectivity index (χ1) is 12.4. The molecule has 1 aliphatic heterocycles. The number of likely N-dealkylation sites (tertiary alicyclic amines) is 1. The fourth-order valence-electron chi connectivity index (χ4n) is 2.73. The van der Waals surface area contributed by atoms with Crippen molar-refractivity contribution in [3.05, 3.63) is 30.3 Å². The number of halogens is 4. The second-order valence-corrected chi connectivity index (χ2v) is 6.09. The molecule has 27 heavy (non-hydrogen) atoms. The van der Waals surface area contributed by atoms with E-state index in [1.54, 1.807) is 12.1 Å². The molecule has 152 valence electrons. The molecule has 10 heteroatoms. The van der Waals surface area contributed by atoms with E-state index in [1.165, 1.54) is 4.90 Å². The predicted molar refractivity (Wildman–Crippen MR) is 111 cm³/mol. The Bertz CT molecular complexity index is 612. The van der Waals surface area contributed by atoms with E-state index in [1.807, 2.05) is 25.1 Å². The van der Waals surface area contributed by atoms with E-state index in [-0.39, 0.29) is 42.5 Å². The van der Waals surface area contributed by atoms with E-state index < -0.39 is 12.7 Å². The second-order valence-electron chi connectivity index (χ2n) is 6.09. The maximum absolute atomic E-state index is 12.5. The molecule has 0 spiro atoms. The molecule has 0 saturated carbocycles. The van der Waals surface area contributed by atoms with Crippen molar-refractivity contribution in [3.63, 3.8) is 0 Å². The number of anilines is 1. The quantitative estimate of drug-likeness (QED) is 0.320. The van der Waals surface area contributed by atoms with Crippen molar-refractivity contribution in [2.45, 2.75) is 25.6 Å². The molecular formula is C17H25F3IN5O. The van der Waals surface area contributed by atoms with Crippen LogP contribution in [0.2, 0.25) is 0 Å². The van der Waals surface area contributed by atoms with E-state index in [4.69, 9.17) is 0 Å². The molecule has 6 nitrogen and oxygen atoms in total. The highest BCUT2D eigenvalue weighted by Crippen LogP contribution is 2.19. The summed E-state index contributed by atoms with van der Waals surface area (Å²) in [6.45, 7) is 2.16. The van der Waals surface area contributed by atoms with Crippen molar-refractivity contribution in [2.75, 3.05) is 38.0 Å². The van der Waals surface area contributed by atoms with Crippen LogP contribution >= 0.6 is 24.0 Å². The Balaban J connectivity index is 0.00000364. The van der Waals surface area contributed by atoms with Crippen LogP contribution in [0.3, 0.4) is 0 Å². The topological polar surface area (TPSA) is 68.8 Å². The zero-order chi connectivity index (χ0) is 19.0. The van der Waals surface area contributed by atoms with E-state index >= 15 is 0 Å². The molecule has 1 fully saturated rings. The Morgan fingerprint density at radius 2 is 2.00 bits per heavy atom. The number of nitrogens with one attached hydrogen (secondary N) is 3. The summed E-state index contributed by atoms with van der Waals surface area (Å²) in [6, 6.07) is 8.91. The molecule has 0 radical (unpaired) electrons. The molecule has 1 aromatic rings. The van der Waals surface area contributed by atoms with Crippen LogP contribution in [-0.4, -0.2) is 61.7 Å². The van der Waals surface area contributed by atoms with Crippen molar-refractivity contribution in [3.8, 4) is 0 Å². The summed E-state index contributed by atoms with van der Waals surface area (Å²) >= 11 is 0. The highest BCUT2D eigenvalue weighted by molar-refractivity contribution is 14.0. The van der Waals surface area contributed by atoms with Crippen LogP contribution < -0.4 is 16.0 Å². The largest absolute Gasteiger partial charge is 0.401 e. The molecule has 1 amide bonds. The van der Waals surface area contributed by atoms with Gasteiger partial charge in [0.1, 0.15) is 6.54 Å². The van der Waals surface area contributed by atoms with Crippen molar-refractivity contribution >= 4 is 41.5 Å². The number of amides is 1. The van der Waals surface area contributed by atoms with Gasteiger partial charge < -0.3 is 16.0 Å². The number of alkyl halides is 3. The van der Waals surface area contributed by atoms with Crippen LogP contribution in [-0.2, 0) is 4.79 Å². The number of benzene rings is 1. The zero-order valence-corrected chi connectivity index (χ0v) is 17.4. The van der Waals surface area contributed by atoms with Crippen molar-refractivity contribution in [1.29, 1.82) is 0 Å². The predicted octanol–water partition coefficient (Wildman–Crippen LogP) is 2.43. The lowest BCUT2D eigenvalue weighted by Crippen LogP contribution is -2.45. The minimum absolute atomic E-state index is 0. The number of hydrogen-bond donors (Lipinski definition) is 3. The van der Waals surface area contributed by atoms with Crippen molar-refractivity contribution in [1.82, 2.24) is 15.5 Å². The highest BCUT2D eigenvalue weighted by atomic mass is 127. The van der Waals surface area contributed by atoms with Gasteiger partial charge in [-0.05, 0) is 25.5 Å². The number of para-hydroxylation sites is 1. The Morgan fingerprint density at radius 1 is 1.30 bits per heavy atom. The van der Waals surface area contributed by atoms with E-state index in [0.717, 1.165) is 0 Å². The van der Waals surface area contributed by atoms with E-state index in [9.17, 15) is 18.0 Å². The number of carbonyl (C=O) groups is 1. The van der Waals surface area contributed by atoms with E-state index in [0.29, 0.717) is 37.7 Å². The molecule has 1 aromatic carbocycles. The summed E-state index contributed by atoms with van der Waals surface area (Å²) in [4.78, 5) is 17.5. The molecule has 1 aliphatic rings. The fraction of sp³-hybridized carbons (Fsp3) is 0.529. The molecule has 1 atom stereocenters. The highest BCUT2D eigenvalue weighted by Gasteiger charge is 2.34. The third kappa shape index (κ3) is 9.27. The maximum Gasteiger partial charge on any atom is 0.401 e. The summed E-state index contributed by atoms with van der Waals surface area (Å²) in [5.74, 6) is 0.160. The lowest BCUT2D eigenvalue weighted by atomic mass is 10.3. The van der Waals surface area contributed by atoms with Crippen LogP contribution in [0, 0.1) is 0 Å². The first-order valence-electron chi connectivity index (χ1n) is 8.54. The molecule has 1 saturated heterocycles. The molecular weight excluding hydrogens is 474 g/mol. The lowest BCUT2D eigenvalue weighted by Gasteiger charge is -2.19. The Kier molecular flexibility index (Phi) is 9.84. The normalized spacial score (nSPS) is 17.9. The van der Waals surface area contributed by atoms with Gasteiger partial charge in [-0.15, -0.1) is 24.0 Å². The Morgan fingerprint density at radius 3 is 2.63 bits per heavy atom. The zero-order valence-electron chi connectivity index (χ0n) is 15.1. The fourth-order valence-corrected chi connectivity index (χ4v) is 2.73. The molecule has 0 aromatic heterocycles. The molecule has 1 unspecified atom stereocenters. The second kappa shape index (κ2) is 11.3. The third-order valence-electron chi connectivity index (χ3n) is 3.80. The van der Waals surface area contributed by atoms with Gasteiger partial charge in [0, 0.05) is 31.4 Å². The first kappa shape index (κ1) is 23.5. The minimum Gasteiger partial charge on any atom is -0.357 e. The van der Waals surface area contributed by atoms with Gasteiger partial charge in [-0.2, -0.15) is 13.2 Å². The average molecular weight is 499 g/mol. The van der Waals surface area contributed by atoms with Crippen molar-refractivity contribution in [2.24, 2.45) is 4.99 Å². The van der Waals surface area contributed by atoms with Gasteiger partial charge in [-0.3, -0.25) is 9.69 Å². The summed E-state index contributed by atoms with van der Waals surface area (Å²) < 4.78 is 37.4. The Labute approximate surface area is 174 Å². The number of aliphatic imine (C=N–C) groups is 1. The summed E-state index contributed by atoms with van der Waals surface area (Å²) in [7, 11) is 0. The summed E-state index contributed by atoms with van der Waals surface area (Å²) in [5.41, 5.74) is 0.684. The van der Waals surface area contributed by atoms with Gasteiger partial charge in [0.15, 0.2) is 5.96 Å². The minimum atomic E-state index is -4.19. The molecule has 2 rings (SSSR count). The monoisotopic (exact) mass is 499 g/mol. The smallest absolute Gasteiger partial charge is 0.357 e. The molecule has 1 heterocycles. The van der Waals surface area contributed by atoms with Gasteiger partial charge in [0.05, 0.1) is 6.54 Å². The maximum atomic E-state index is 12.5. The van der Waals surface area contributed by atoms with Gasteiger partial charge in [0.25, 0.3) is 0 Å². The van der Waals surface area contributed by atoms with Gasteiger partial charge in [0.2, 0.25) is 5.91 Å². The van der Waals surface area contributed by atoms with Crippen LogP contribution in [0.5, 0.6) is 0 Å². The van der Waals surface area contributed by atoms with Crippen LogP contribution in [0.4, 0.5) is 18.9 Å². The molecule has 0 aliphatic carbocycles. The molecule has 3 N–H and O–H groups in total. The first-order valence-corrected chi connectivity index (χ1v) is 8.54. The van der Waals surface area contributed by atoms with Crippen LogP contribution in [0.25, 0.3) is 0 Å². The lowest BCUT2D eigenvalue weighted by molar-refractivity contribution is -0.143. The van der Waals surface area contributed by atoms with Crippen LogP contribution in [0.15, 0.2) is 35.3 Å². The van der Waals surface area contributed by atoms with Gasteiger partial charge in [-0.25, -0.2) is 4.99 Å².